The van der Waals surface area contributed by atoms with Crippen molar-refractivity contribution in [1.29, 1.82) is 0 Å². The zero-order chi connectivity index (χ0) is 10.1. The van der Waals surface area contributed by atoms with Crippen LogP contribution in [0.1, 0.15) is 23.2 Å². The Bertz CT molecular complexity index is 410. The molecule has 0 fully saturated rings. The van der Waals surface area contributed by atoms with Crippen LogP contribution in [0.5, 0.6) is 0 Å². The van der Waals surface area contributed by atoms with Crippen LogP contribution in [0.2, 0.25) is 0 Å². The van der Waals surface area contributed by atoms with Crippen molar-refractivity contribution in [2.24, 2.45) is 0 Å². The van der Waals surface area contributed by atoms with Gasteiger partial charge in [0.15, 0.2) is 0 Å². The molecule has 0 bridgehead atoms. The van der Waals surface area contributed by atoms with Crippen molar-refractivity contribution in [3.63, 3.8) is 0 Å². The van der Waals surface area contributed by atoms with E-state index in [9.17, 15) is 0 Å². The van der Waals surface area contributed by atoms with Crippen molar-refractivity contribution in [2.45, 2.75) is 27.2 Å². The standard InChI is InChI=1S/C7H10N.C5H5.Ru/c1-5-4-8-7(3)6(5)2;1-2-4-5-3-1;/h8H,1-3H3;1-3H,4H2;. The van der Waals surface area contributed by atoms with Crippen LogP contribution in [-0.2, 0) is 17.1 Å². The third-order valence-corrected chi connectivity index (χ3v) is 5.16. The molecular formula is C12H15NRu. The van der Waals surface area contributed by atoms with Crippen molar-refractivity contribution in [3.8, 4) is 0 Å². The Labute approximate surface area is 92.9 Å². The maximum atomic E-state index is 3.51. The van der Waals surface area contributed by atoms with Crippen LogP contribution in [0.3, 0.4) is 0 Å². The summed E-state index contributed by atoms with van der Waals surface area (Å²) in [6.45, 7) is 6.59. The van der Waals surface area contributed by atoms with Gasteiger partial charge in [0, 0.05) is 0 Å². The number of aromatic nitrogens is 1. The van der Waals surface area contributed by atoms with E-state index in [2.05, 4.69) is 44.0 Å². The summed E-state index contributed by atoms with van der Waals surface area (Å²) in [5.41, 5.74) is 4.23. The molecule has 0 saturated heterocycles. The number of H-pyrrole nitrogens is 1. The van der Waals surface area contributed by atoms with Gasteiger partial charge in [-0.05, 0) is 0 Å². The minimum absolute atomic E-state index is 0.236. The first-order valence-corrected chi connectivity index (χ1v) is 6.56. The van der Waals surface area contributed by atoms with Gasteiger partial charge in [-0.2, -0.15) is 0 Å². The van der Waals surface area contributed by atoms with Crippen molar-refractivity contribution >= 4 is 4.29 Å². The molecule has 0 spiro atoms. The van der Waals surface area contributed by atoms with E-state index in [4.69, 9.17) is 0 Å². The van der Waals surface area contributed by atoms with Gasteiger partial charge in [0.1, 0.15) is 0 Å². The molecular weight excluding hydrogens is 259 g/mol. The Morgan fingerprint density at radius 1 is 1.21 bits per heavy atom. The third-order valence-electron chi connectivity index (χ3n) is 2.66. The molecule has 0 amide bonds. The van der Waals surface area contributed by atoms with E-state index in [0.717, 1.165) is 6.42 Å². The maximum absolute atomic E-state index is 3.51. The molecule has 14 heavy (non-hydrogen) atoms. The first-order valence-electron chi connectivity index (χ1n) is 4.82. The van der Waals surface area contributed by atoms with E-state index < -0.39 is 0 Å². The molecule has 2 heteroatoms. The summed E-state index contributed by atoms with van der Waals surface area (Å²) in [7, 11) is 0. The number of hydrogen-bond acceptors (Lipinski definition) is 0. The van der Waals surface area contributed by atoms with E-state index >= 15 is 0 Å². The first-order chi connectivity index (χ1) is 6.68. The minimum atomic E-state index is 0.236. The summed E-state index contributed by atoms with van der Waals surface area (Å²) in [5.74, 6) is 0. The van der Waals surface area contributed by atoms with Gasteiger partial charge in [-0.25, -0.2) is 0 Å². The molecule has 2 rings (SSSR count). The molecule has 1 aliphatic carbocycles. The molecule has 0 unspecified atom stereocenters. The molecule has 76 valence electrons. The fourth-order valence-corrected chi connectivity index (χ4v) is 3.81. The number of aryl methyl sites for hydroxylation is 1. The fraction of sp³-hybridized carbons (Fsp3) is 0.333. The van der Waals surface area contributed by atoms with Crippen LogP contribution in [-0.4, -0.2) is 4.98 Å². The molecule has 1 N–H and O–H groups in total. The predicted octanol–water partition coefficient (Wildman–Crippen LogP) is 2.49. The van der Waals surface area contributed by atoms with E-state index in [-0.39, 0.29) is 17.1 Å². The second-order valence-corrected chi connectivity index (χ2v) is 6.04. The molecule has 1 aliphatic rings. The van der Waals surface area contributed by atoms with Crippen LogP contribution in [0, 0.1) is 20.8 Å². The average Bonchev–Trinajstić information content (AvgIpc) is 2.73. The average molecular weight is 274 g/mol. The second-order valence-electron chi connectivity index (χ2n) is 3.62. The number of allylic oxidation sites excluding steroid dienone is 4. The van der Waals surface area contributed by atoms with Crippen molar-refractivity contribution in [3.05, 3.63) is 39.2 Å². The van der Waals surface area contributed by atoms with E-state index in [1.54, 1.807) is 4.17 Å². The summed E-state index contributed by atoms with van der Waals surface area (Å²) in [6.07, 6.45) is 7.84. The Kier molecular flexibility index (Phi) is 2.74. The van der Waals surface area contributed by atoms with Gasteiger partial charge in [-0.1, -0.05) is 0 Å². The Morgan fingerprint density at radius 3 is 2.50 bits per heavy atom. The number of nitrogens with one attached hydrogen (secondary N) is 1. The summed E-state index contributed by atoms with van der Waals surface area (Å²) in [4.78, 5) is 3.51. The SMILES string of the molecule is Cc1[nH][c]([Ru][C]2=CC=CC2)c(C)c1C. The van der Waals surface area contributed by atoms with Crippen molar-refractivity contribution < 1.29 is 17.1 Å². The van der Waals surface area contributed by atoms with Crippen LogP contribution in [0.15, 0.2) is 22.4 Å². The normalized spacial score (nSPS) is 15.2. The van der Waals surface area contributed by atoms with Crippen molar-refractivity contribution in [2.75, 3.05) is 0 Å². The Hall–Kier alpha value is -0.617. The van der Waals surface area contributed by atoms with Gasteiger partial charge in [-0.15, -0.1) is 0 Å². The van der Waals surface area contributed by atoms with E-state index in [0.29, 0.717) is 0 Å². The molecule has 0 saturated carbocycles. The molecule has 1 aromatic heterocycles. The Morgan fingerprint density at radius 2 is 2.00 bits per heavy atom. The Balaban J connectivity index is 2.21. The van der Waals surface area contributed by atoms with Gasteiger partial charge < -0.3 is 0 Å². The summed E-state index contributed by atoms with van der Waals surface area (Å²) >= 11 is 0.236. The van der Waals surface area contributed by atoms with Gasteiger partial charge in [0.2, 0.25) is 0 Å². The summed E-state index contributed by atoms with van der Waals surface area (Å²) < 4.78 is 3.07. The number of aromatic amines is 1. The summed E-state index contributed by atoms with van der Waals surface area (Å²) in [6, 6.07) is 0. The van der Waals surface area contributed by atoms with E-state index in [1.807, 2.05) is 0 Å². The zero-order valence-corrected chi connectivity index (χ0v) is 10.5. The van der Waals surface area contributed by atoms with Gasteiger partial charge >= 0.3 is 92.8 Å². The van der Waals surface area contributed by atoms with E-state index in [1.165, 1.54) is 21.1 Å². The summed E-state index contributed by atoms with van der Waals surface area (Å²) in [5, 5.41) is 0. The number of rotatable bonds is 2. The molecule has 1 nitrogen and oxygen atoms in total. The van der Waals surface area contributed by atoms with Crippen molar-refractivity contribution in [1.82, 2.24) is 4.98 Å². The van der Waals surface area contributed by atoms with Crippen LogP contribution >= 0.6 is 0 Å². The first kappa shape index (κ1) is 9.92. The molecule has 0 aromatic carbocycles. The molecule has 1 heterocycles. The topological polar surface area (TPSA) is 15.8 Å². The number of hydrogen-bond donors (Lipinski definition) is 1. The predicted molar refractivity (Wildman–Crippen MR) is 56.5 cm³/mol. The van der Waals surface area contributed by atoms with Gasteiger partial charge in [0.25, 0.3) is 0 Å². The quantitative estimate of drug-likeness (QED) is 0.798. The molecule has 1 aromatic rings. The molecule has 0 atom stereocenters. The van der Waals surface area contributed by atoms with Crippen LogP contribution in [0.4, 0.5) is 0 Å². The van der Waals surface area contributed by atoms with Gasteiger partial charge in [-0.3, -0.25) is 0 Å². The zero-order valence-electron chi connectivity index (χ0n) is 8.79. The van der Waals surface area contributed by atoms with Crippen LogP contribution < -0.4 is 4.29 Å². The molecule has 0 radical (unpaired) electrons. The monoisotopic (exact) mass is 275 g/mol. The fourth-order valence-electron chi connectivity index (χ4n) is 1.47. The van der Waals surface area contributed by atoms with Gasteiger partial charge in [0.05, 0.1) is 0 Å². The molecule has 0 aliphatic heterocycles. The van der Waals surface area contributed by atoms with Crippen LogP contribution in [0.25, 0.3) is 0 Å². The second kappa shape index (κ2) is 3.86. The third kappa shape index (κ3) is 1.76.